The Morgan fingerprint density at radius 1 is 0.935 bits per heavy atom. The quantitative estimate of drug-likeness (QED) is 0.148. The molecule has 6 rings (SSSR count). The summed E-state index contributed by atoms with van der Waals surface area (Å²) in [6.45, 7) is 7.34. The van der Waals surface area contributed by atoms with Crippen molar-refractivity contribution in [2.45, 2.75) is 27.2 Å². The van der Waals surface area contributed by atoms with E-state index >= 15 is 4.39 Å². The third-order valence-electron chi connectivity index (χ3n) is 7.22. The Kier molecular flexibility index (Phi) is 8.17. The Balaban J connectivity index is 1.36. The highest BCUT2D eigenvalue weighted by atomic mass is 19.1. The summed E-state index contributed by atoms with van der Waals surface area (Å²) in [6, 6.07) is 8.04. The fourth-order valence-corrected chi connectivity index (χ4v) is 5.18. The molecule has 5 aromatic heterocycles. The van der Waals surface area contributed by atoms with Gasteiger partial charge < -0.3 is 20.5 Å². The van der Waals surface area contributed by atoms with Crippen molar-refractivity contribution >= 4 is 39.2 Å². The van der Waals surface area contributed by atoms with Gasteiger partial charge in [-0.05, 0) is 49.8 Å². The zero-order valence-corrected chi connectivity index (χ0v) is 26.2. The Hall–Kier alpha value is -5.30. The minimum Gasteiger partial charge on any atom is -0.384 e. The molecule has 0 aliphatic heterocycles. The molecule has 236 valence electrons. The van der Waals surface area contributed by atoms with Crippen LogP contribution in [0.25, 0.3) is 56.0 Å². The number of fused-ring (bicyclic) bond motifs is 2. The van der Waals surface area contributed by atoms with Crippen LogP contribution in [0.5, 0.6) is 0 Å². The summed E-state index contributed by atoms with van der Waals surface area (Å²) in [5, 5.41) is 13.5. The molecule has 6 aromatic rings. The summed E-state index contributed by atoms with van der Waals surface area (Å²) in [6.07, 6.45) is 6.40. The predicted molar refractivity (Wildman–Crippen MR) is 175 cm³/mol. The van der Waals surface area contributed by atoms with Crippen molar-refractivity contribution in [2.24, 2.45) is 5.41 Å². The fourth-order valence-electron chi connectivity index (χ4n) is 5.18. The lowest BCUT2D eigenvalue weighted by Gasteiger charge is -2.17. The minimum atomic E-state index is -0.626. The van der Waals surface area contributed by atoms with Crippen molar-refractivity contribution in [3.63, 3.8) is 0 Å². The standard InChI is InChI=1S/C33H34F2N10O/c1-33(2,3)14-25(46)40-22-12-19(15-36-16-22)28-27(35)26-24(17-39-28)43-44-31(26)32-41-23-6-7-38-29(30(23)42-32)18-10-20(34)13-21(11-18)37-8-9-45(4)5/h6-7,10-13,15-17,37H,8-9,14H2,1-5H3,(H,40,46)(H,41,42)(H,43,44). The average Bonchev–Trinajstić information content (AvgIpc) is 3.61. The van der Waals surface area contributed by atoms with Crippen molar-refractivity contribution in [3.05, 3.63) is 66.8 Å². The molecular formula is C33H34F2N10O. The van der Waals surface area contributed by atoms with E-state index in [1.54, 1.807) is 18.3 Å². The smallest absolute Gasteiger partial charge is 0.224 e. The van der Waals surface area contributed by atoms with Crippen molar-refractivity contribution in [3.8, 4) is 34.0 Å². The Bertz CT molecular complexity index is 2060. The van der Waals surface area contributed by atoms with Crippen LogP contribution in [0, 0.1) is 17.0 Å². The Morgan fingerprint density at radius 3 is 2.52 bits per heavy atom. The number of hydrogen-bond donors (Lipinski definition) is 4. The Labute approximate surface area is 263 Å². The van der Waals surface area contributed by atoms with Gasteiger partial charge in [-0.2, -0.15) is 5.10 Å². The van der Waals surface area contributed by atoms with Crippen LogP contribution in [0.4, 0.5) is 20.2 Å². The third kappa shape index (κ3) is 6.54. The number of aromatic amines is 2. The molecular weight excluding hydrogens is 590 g/mol. The molecule has 11 nitrogen and oxygen atoms in total. The number of carbonyl (C=O) groups excluding carboxylic acids is 1. The number of carbonyl (C=O) groups is 1. The van der Waals surface area contributed by atoms with Crippen LogP contribution >= 0.6 is 0 Å². The number of aromatic nitrogens is 7. The van der Waals surface area contributed by atoms with Crippen molar-refractivity contribution < 1.29 is 13.6 Å². The number of rotatable bonds is 9. The van der Waals surface area contributed by atoms with E-state index in [1.807, 2.05) is 45.8 Å². The van der Waals surface area contributed by atoms with Crippen LogP contribution in [0.3, 0.4) is 0 Å². The average molecular weight is 625 g/mol. The highest BCUT2D eigenvalue weighted by Crippen LogP contribution is 2.35. The van der Waals surface area contributed by atoms with E-state index < -0.39 is 11.6 Å². The first-order valence-electron chi connectivity index (χ1n) is 14.8. The minimum absolute atomic E-state index is 0.0436. The molecule has 5 heterocycles. The summed E-state index contributed by atoms with van der Waals surface area (Å²) in [7, 11) is 3.94. The van der Waals surface area contributed by atoms with Gasteiger partial charge in [0.2, 0.25) is 5.91 Å². The number of halogens is 2. The summed E-state index contributed by atoms with van der Waals surface area (Å²) in [5.41, 5.74) is 4.03. The number of imidazole rings is 1. The van der Waals surface area contributed by atoms with Gasteiger partial charge in [-0.25, -0.2) is 13.8 Å². The van der Waals surface area contributed by atoms with E-state index in [-0.39, 0.29) is 28.1 Å². The van der Waals surface area contributed by atoms with Gasteiger partial charge in [0.25, 0.3) is 0 Å². The van der Waals surface area contributed by atoms with Crippen molar-refractivity contribution in [1.29, 1.82) is 0 Å². The van der Waals surface area contributed by atoms with E-state index in [4.69, 9.17) is 4.98 Å². The first kappa shape index (κ1) is 30.7. The third-order valence-corrected chi connectivity index (χ3v) is 7.22. The topological polar surface area (TPSA) is 140 Å². The molecule has 4 N–H and O–H groups in total. The van der Waals surface area contributed by atoms with Crippen LogP contribution in [-0.2, 0) is 4.79 Å². The summed E-state index contributed by atoms with van der Waals surface area (Å²) < 4.78 is 30.9. The molecule has 0 fully saturated rings. The van der Waals surface area contributed by atoms with E-state index in [2.05, 4.69) is 40.8 Å². The van der Waals surface area contributed by atoms with Gasteiger partial charge in [-0.3, -0.25) is 24.8 Å². The number of H-pyrrole nitrogens is 2. The van der Waals surface area contributed by atoms with Crippen molar-refractivity contribution in [2.75, 3.05) is 37.8 Å². The first-order chi connectivity index (χ1) is 21.9. The molecule has 0 bridgehead atoms. The van der Waals surface area contributed by atoms with Crippen LogP contribution in [0.2, 0.25) is 0 Å². The fraction of sp³-hybridized carbons (Fsp3) is 0.273. The van der Waals surface area contributed by atoms with Gasteiger partial charge in [0.05, 0.1) is 40.2 Å². The second kappa shape index (κ2) is 12.2. The molecule has 0 aliphatic carbocycles. The van der Waals surface area contributed by atoms with Gasteiger partial charge in [0.15, 0.2) is 11.6 Å². The molecule has 13 heteroatoms. The number of benzene rings is 1. The zero-order valence-electron chi connectivity index (χ0n) is 26.2. The van der Waals surface area contributed by atoms with E-state index in [9.17, 15) is 9.18 Å². The zero-order chi connectivity index (χ0) is 32.6. The summed E-state index contributed by atoms with van der Waals surface area (Å²) in [5.74, 6) is -0.902. The monoisotopic (exact) mass is 624 g/mol. The number of amides is 1. The maximum Gasteiger partial charge on any atom is 0.224 e. The highest BCUT2D eigenvalue weighted by molar-refractivity contribution is 5.98. The van der Waals surface area contributed by atoms with E-state index in [0.29, 0.717) is 63.5 Å². The van der Waals surface area contributed by atoms with Gasteiger partial charge in [0, 0.05) is 48.7 Å². The molecule has 0 saturated carbocycles. The number of hydrogen-bond acceptors (Lipinski definition) is 8. The molecule has 1 aromatic carbocycles. The van der Waals surface area contributed by atoms with E-state index in [0.717, 1.165) is 6.54 Å². The highest BCUT2D eigenvalue weighted by Gasteiger charge is 2.22. The lowest BCUT2D eigenvalue weighted by Crippen LogP contribution is -2.20. The number of anilines is 2. The maximum absolute atomic E-state index is 16.2. The SMILES string of the molecule is CN(C)CCNc1cc(F)cc(-c2nccc3[nH]c(-c4n[nH]c5cnc(-c6cncc(NC(=O)CC(C)(C)C)c6)c(F)c45)nc23)c1. The molecule has 0 unspecified atom stereocenters. The van der Waals surface area contributed by atoms with Gasteiger partial charge in [-0.15, -0.1) is 0 Å². The van der Waals surface area contributed by atoms with Gasteiger partial charge in [-0.1, -0.05) is 20.8 Å². The molecule has 0 atom stereocenters. The molecule has 0 saturated heterocycles. The molecule has 46 heavy (non-hydrogen) atoms. The number of nitrogens with one attached hydrogen (secondary N) is 4. The molecule has 1 amide bonds. The van der Waals surface area contributed by atoms with Crippen LogP contribution < -0.4 is 10.6 Å². The second-order valence-corrected chi connectivity index (χ2v) is 12.6. The van der Waals surface area contributed by atoms with Crippen molar-refractivity contribution in [1.82, 2.24) is 40.0 Å². The van der Waals surface area contributed by atoms with Gasteiger partial charge >= 0.3 is 0 Å². The summed E-state index contributed by atoms with van der Waals surface area (Å²) >= 11 is 0. The summed E-state index contributed by atoms with van der Waals surface area (Å²) in [4.78, 5) is 35.5. The first-order valence-corrected chi connectivity index (χ1v) is 14.8. The second-order valence-electron chi connectivity index (χ2n) is 12.6. The van der Waals surface area contributed by atoms with Crippen LogP contribution in [-0.4, -0.2) is 73.1 Å². The van der Waals surface area contributed by atoms with Gasteiger partial charge in [0.1, 0.15) is 22.7 Å². The normalized spacial score (nSPS) is 11.9. The maximum atomic E-state index is 16.2. The number of pyridine rings is 3. The number of likely N-dealkylation sites (N-methyl/N-ethyl adjacent to an activating group) is 1. The largest absolute Gasteiger partial charge is 0.384 e. The lowest BCUT2D eigenvalue weighted by molar-refractivity contribution is -0.117. The number of nitrogens with zero attached hydrogens (tertiary/aromatic N) is 6. The molecule has 0 radical (unpaired) electrons. The van der Waals surface area contributed by atoms with Crippen LogP contribution in [0.15, 0.2) is 55.1 Å². The van der Waals surface area contributed by atoms with E-state index in [1.165, 1.54) is 30.7 Å². The predicted octanol–water partition coefficient (Wildman–Crippen LogP) is 6.25. The van der Waals surface area contributed by atoms with Crippen LogP contribution in [0.1, 0.15) is 27.2 Å². The molecule has 0 aliphatic rings. The molecule has 0 spiro atoms. The Morgan fingerprint density at radius 2 is 1.74 bits per heavy atom. The lowest BCUT2D eigenvalue weighted by atomic mass is 9.92.